The highest BCUT2D eigenvalue weighted by Crippen LogP contribution is 2.39. The third kappa shape index (κ3) is 3.47. The first-order valence-corrected chi connectivity index (χ1v) is 10.8. The van der Waals surface area contributed by atoms with Gasteiger partial charge in [0.25, 0.3) is 0 Å². The van der Waals surface area contributed by atoms with Gasteiger partial charge in [-0.2, -0.15) is 0 Å². The van der Waals surface area contributed by atoms with E-state index in [4.69, 9.17) is 0 Å². The van der Waals surface area contributed by atoms with Gasteiger partial charge in [0.2, 0.25) is 17.7 Å². The summed E-state index contributed by atoms with van der Waals surface area (Å²) in [5.74, 6) is -0.726. The number of amides is 3. The Balaban J connectivity index is 1.65. The van der Waals surface area contributed by atoms with Gasteiger partial charge in [0.15, 0.2) is 0 Å². The average molecular weight is 383 g/mol. The lowest BCUT2D eigenvalue weighted by molar-refractivity contribution is -0.153. The zero-order valence-corrected chi connectivity index (χ0v) is 16.7. The molecule has 0 N–H and O–H groups in total. The Labute approximate surface area is 167 Å². The van der Waals surface area contributed by atoms with Crippen molar-refractivity contribution in [3.8, 4) is 0 Å². The zero-order chi connectivity index (χ0) is 19.7. The number of likely N-dealkylation sites (tertiary alicyclic amines) is 2. The van der Waals surface area contributed by atoms with Crippen molar-refractivity contribution in [2.24, 2.45) is 11.8 Å². The molecule has 5 heteroatoms. The standard InChI is InChI=1S/C23H30N2O3/c1-16-9-7-8-14-24(16)23(28)20(15-17-10-3-2-4-11-17)25-21(26)18-12-5-6-13-19(18)22(25)27/h2-4,10-11,16,18-20H,5-9,12-15H2,1H3/t16-,18+,19+,20+/m1/s1. The first kappa shape index (κ1) is 19.2. The summed E-state index contributed by atoms with van der Waals surface area (Å²) in [6.45, 7) is 2.79. The maximum Gasteiger partial charge on any atom is 0.246 e. The van der Waals surface area contributed by atoms with Crippen LogP contribution in [-0.4, -0.2) is 46.1 Å². The van der Waals surface area contributed by atoms with E-state index in [9.17, 15) is 14.4 Å². The van der Waals surface area contributed by atoms with Crippen LogP contribution in [0.1, 0.15) is 57.4 Å². The Kier molecular flexibility index (Phi) is 5.51. The number of nitrogens with zero attached hydrogens (tertiary/aromatic N) is 2. The van der Waals surface area contributed by atoms with E-state index in [0.29, 0.717) is 13.0 Å². The lowest BCUT2D eigenvalue weighted by atomic mass is 9.81. The highest BCUT2D eigenvalue weighted by atomic mass is 16.2. The molecule has 1 aliphatic carbocycles. The van der Waals surface area contributed by atoms with Gasteiger partial charge < -0.3 is 4.90 Å². The van der Waals surface area contributed by atoms with Gasteiger partial charge in [-0.3, -0.25) is 19.3 Å². The molecule has 3 aliphatic rings. The molecule has 1 aromatic carbocycles. The Morgan fingerprint density at radius 3 is 2.18 bits per heavy atom. The van der Waals surface area contributed by atoms with E-state index in [-0.39, 0.29) is 35.6 Å². The summed E-state index contributed by atoms with van der Waals surface area (Å²) in [4.78, 5) is 43.2. The maximum absolute atomic E-state index is 13.6. The molecule has 0 spiro atoms. The van der Waals surface area contributed by atoms with Crippen LogP contribution in [0.15, 0.2) is 30.3 Å². The molecular weight excluding hydrogens is 352 g/mol. The minimum Gasteiger partial charge on any atom is -0.338 e. The van der Waals surface area contributed by atoms with E-state index in [1.807, 2.05) is 35.2 Å². The number of fused-ring (bicyclic) bond motifs is 1. The molecule has 1 saturated carbocycles. The topological polar surface area (TPSA) is 57.7 Å². The Morgan fingerprint density at radius 2 is 1.57 bits per heavy atom. The molecule has 5 nitrogen and oxygen atoms in total. The first-order chi connectivity index (χ1) is 13.6. The smallest absolute Gasteiger partial charge is 0.246 e. The van der Waals surface area contributed by atoms with Gasteiger partial charge in [-0.15, -0.1) is 0 Å². The summed E-state index contributed by atoms with van der Waals surface area (Å²) >= 11 is 0. The van der Waals surface area contributed by atoms with Crippen LogP contribution in [0.4, 0.5) is 0 Å². The van der Waals surface area contributed by atoms with Crippen LogP contribution in [0, 0.1) is 11.8 Å². The number of carbonyl (C=O) groups excluding carboxylic acids is 3. The quantitative estimate of drug-likeness (QED) is 0.752. The molecule has 2 aliphatic heterocycles. The van der Waals surface area contributed by atoms with Crippen molar-refractivity contribution in [1.82, 2.24) is 9.80 Å². The lowest BCUT2D eigenvalue weighted by Crippen LogP contribution is -2.55. The average Bonchev–Trinajstić information content (AvgIpc) is 2.98. The third-order valence-electron chi connectivity index (χ3n) is 6.83. The van der Waals surface area contributed by atoms with Crippen LogP contribution in [0.2, 0.25) is 0 Å². The summed E-state index contributed by atoms with van der Waals surface area (Å²) in [6, 6.07) is 9.20. The van der Waals surface area contributed by atoms with Crippen molar-refractivity contribution >= 4 is 17.7 Å². The summed E-state index contributed by atoms with van der Waals surface area (Å²) in [7, 11) is 0. The molecule has 3 fully saturated rings. The molecule has 0 radical (unpaired) electrons. The molecule has 28 heavy (non-hydrogen) atoms. The molecule has 150 valence electrons. The molecular formula is C23H30N2O3. The number of piperidine rings is 1. The second-order valence-electron chi connectivity index (χ2n) is 8.63. The lowest BCUT2D eigenvalue weighted by Gasteiger charge is -2.38. The molecule has 1 aromatic rings. The largest absolute Gasteiger partial charge is 0.338 e. The fraction of sp³-hybridized carbons (Fsp3) is 0.609. The summed E-state index contributed by atoms with van der Waals surface area (Å²) in [6.07, 6.45) is 7.04. The number of imide groups is 1. The number of hydrogen-bond acceptors (Lipinski definition) is 3. The SMILES string of the molecule is C[C@@H]1CCCCN1C(=O)[C@H](Cc1ccccc1)N1C(=O)[C@H]2CCCC[C@@H]2C1=O. The predicted molar refractivity (Wildman–Crippen MR) is 106 cm³/mol. The van der Waals surface area contributed by atoms with E-state index in [1.165, 1.54) is 4.90 Å². The summed E-state index contributed by atoms with van der Waals surface area (Å²) in [5.41, 5.74) is 0.987. The Hall–Kier alpha value is -2.17. The number of benzene rings is 1. The molecule has 4 atom stereocenters. The van der Waals surface area contributed by atoms with Crippen molar-refractivity contribution in [1.29, 1.82) is 0 Å². The highest BCUT2D eigenvalue weighted by Gasteiger charge is 2.52. The number of carbonyl (C=O) groups is 3. The second kappa shape index (κ2) is 8.06. The van der Waals surface area contributed by atoms with E-state index < -0.39 is 6.04 Å². The summed E-state index contributed by atoms with van der Waals surface area (Å²) in [5, 5.41) is 0. The molecule has 4 rings (SSSR count). The van der Waals surface area contributed by atoms with Gasteiger partial charge in [-0.1, -0.05) is 43.2 Å². The van der Waals surface area contributed by atoms with E-state index in [1.54, 1.807) is 0 Å². The third-order valence-corrected chi connectivity index (χ3v) is 6.83. The van der Waals surface area contributed by atoms with Crippen molar-refractivity contribution in [3.63, 3.8) is 0 Å². The minimum atomic E-state index is -0.714. The highest BCUT2D eigenvalue weighted by molar-refractivity contribution is 6.08. The van der Waals surface area contributed by atoms with Gasteiger partial charge in [0.1, 0.15) is 6.04 Å². The monoisotopic (exact) mass is 382 g/mol. The molecule has 2 saturated heterocycles. The molecule has 0 bridgehead atoms. The van der Waals surface area contributed by atoms with E-state index in [2.05, 4.69) is 6.92 Å². The minimum absolute atomic E-state index is 0.0589. The van der Waals surface area contributed by atoms with Crippen molar-refractivity contribution in [2.75, 3.05) is 6.54 Å². The predicted octanol–water partition coefficient (Wildman–Crippen LogP) is 3.17. The van der Waals surface area contributed by atoms with Crippen molar-refractivity contribution < 1.29 is 14.4 Å². The van der Waals surface area contributed by atoms with Crippen LogP contribution in [0.25, 0.3) is 0 Å². The van der Waals surface area contributed by atoms with E-state index in [0.717, 1.165) is 50.5 Å². The van der Waals surface area contributed by atoms with Crippen LogP contribution in [-0.2, 0) is 20.8 Å². The number of rotatable bonds is 4. The van der Waals surface area contributed by atoms with Gasteiger partial charge in [0.05, 0.1) is 11.8 Å². The van der Waals surface area contributed by atoms with Crippen LogP contribution < -0.4 is 0 Å². The molecule has 3 amide bonds. The fourth-order valence-electron chi connectivity index (χ4n) is 5.24. The zero-order valence-electron chi connectivity index (χ0n) is 16.7. The Morgan fingerprint density at radius 1 is 0.964 bits per heavy atom. The van der Waals surface area contributed by atoms with Crippen molar-refractivity contribution in [2.45, 2.75) is 70.4 Å². The van der Waals surface area contributed by atoms with Crippen molar-refractivity contribution in [3.05, 3.63) is 35.9 Å². The van der Waals surface area contributed by atoms with Gasteiger partial charge in [-0.05, 0) is 44.6 Å². The van der Waals surface area contributed by atoms with Crippen LogP contribution in [0.5, 0.6) is 0 Å². The molecule has 0 aromatic heterocycles. The fourth-order valence-corrected chi connectivity index (χ4v) is 5.24. The normalized spacial score (nSPS) is 29.0. The van der Waals surface area contributed by atoms with Gasteiger partial charge >= 0.3 is 0 Å². The van der Waals surface area contributed by atoms with Gasteiger partial charge in [-0.25, -0.2) is 0 Å². The molecule has 0 unspecified atom stereocenters. The molecule has 2 heterocycles. The van der Waals surface area contributed by atoms with E-state index >= 15 is 0 Å². The van der Waals surface area contributed by atoms with Gasteiger partial charge in [0, 0.05) is 19.0 Å². The number of hydrogen-bond donors (Lipinski definition) is 0. The Bertz CT molecular complexity index is 723. The first-order valence-electron chi connectivity index (χ1n) is 10.8. The summed E-state index contributed by atoms with van der Waals surface area (Å²) < 4.78 is 0. The maximum atomic E-state index is 13.6. The van der Waals surface area contributed by atoms with Crippen LogP contribution in [0.3, 0.4) is 0 Å². The second-order valence-corrected chi connectivity index (χ2v) is 8.63. The van der Waals surface area contributed by atoms with Crippen LogP contribution >= 0.6 is 0 Å².